The van der Waals surface area contributed by atoms with Gasteiger partial charge in [-0.15, -0.1) is 0 Å². The molecule has 0 aliphatic heterocycles. The van der Waals surface area contributed by atoms with E-state index < -0.39 is 10.8 Å². The van der Waals surface area contributed by atoms with E-state index in [1.54, 1.807) is 38.3 Å². The Kier molecular flexibility index (Phi) is 4.63. The second-order valence-corrected chi connectivity index (χ2v) is 3.89. The molecule has 5 nitrogen and oxygen atoms in total. The van der Waals surface area contributed by atoms with Crippen LogP contribution < -0.4 is 4.74 Å². The van der Waals surface area contributed by atoms with Gasteiger partial charge in [-0.25, -0.2) is 0 Å². The van der Waals surface area contributed by atoms with Gasteiger partial charge in [0.05, 0.1) is 13.0 Å². The van der Waals surface area contributed by atoms with E-state index in [9.17, 15) is 14.9 Å². The predicted octanol–water partition coefficient (Wildman–Crippen LogP) is 1.89. The summed E-state index contributed by atoms with van der Waals surface area (Å²) in [6, 6.07) is 6.99. The zero-order valence-electron chi connectivity index (χ0n) is 9.83. The fourth-order valence-electron chi connectivity index (χ4n) is 1.68. The molecule has 1 aromatic carbocycles. The topological polar surface area (TPSA) is 69.4 Å². The van der Waals surface area contributed by atoms with Gasteiger partial charge in [-0.05, 0) is 17.7 Å². The van der Waals surface area contributed by atoms with E-state index in [1.807, 2.05) is 0 Å². The highest BCUT2D eigenvalue weighted by Crippen LogP contribution is 2.25. The van der Waals surface area contributed by atoms with Crippen molar-refractivity contribution in [3.63, 3.8) is 0 Å². The Labute approximate surface area is 99.5 Å². The summed E-state index contributed by atoms with van der Waals surface area (Å²) >= 11 is 0. The van der Waals surface area contributed by atoms with Gasteiger partial charge >= 0.3 is 0 Å². The van der Waals surface area contributed by atoms with Gasteiger partial charge in [0, 0.05) is 10.8 Å². The second-order valence-electron chi connectivity index (χ2n) is 3.89. The van der Waals surface area contributed by atoms with Crippen molar-refractivity contribution in [3.8, 4) is 5.75 Å². The SMILES string of the molecule is COc1ccc([C@@H](C[N+](=O)[O-])[C@@H](C)C=O)cc1. The van der Waals surface area contributed by atoms with Crippen LogP contribution in [0.4, 0.5) is 0 Å². The minimum Gasteiger partial charge on any atom is -0.497 e. The highest BCUT2D eigenvalue weighted by atomic mass is 16.6. The number of carbonyl (C=O) groups excluding carboxylic acids is 1. The van der Waals surface area contributed by atoms with Gasteiger partial charge in [-0.3, -0.25) is 10.1 Å². The number of nitro groups is 1. The van der Waals surface area contributed by atoms with Crippen LogP contribution in [0.25, 0.3) is 0 Å². The minimum atomic E-state index is -0.395. The van der Waals surface area contributed by atoms with Crippen LogP contribution in [0.1, 0.15) is 18.4 Å². The number of nitrogens with zero attached hydrogens (tertiary/aromatic N) is 1. The minimum absolute atomic E-state index is 0.244. The summed E-state index contributed by atoms with van der Waals surface area (Å²) in [4.78, 5) is 21.0. The molecule has 0 saturated heterocycles. The van der Waals surface area contributed by atoms with Crippen molar-refractivity contribution in [2.45, 2.75) is 12.8 Å². The summed E-state index contributed by atoms with van der Waals surface area (Å²) in [7, 11) is 1.55. The first-order valence-corrected chi connectivity index (χ1v) is 5.29. The van der Waals surface area contributed by atoms with Crippen molar-refractivity contribution < 1.29 is 14.5 Å². The number of hydrogen-bond donors (Lipinski definition) is 0. The van der Waals surface area contributed by atoms with E-state index in [-0.39, 0.29) is 12.5 Å². The number of methoxy groups -OCH3 is 1. The molecule has 0 radical (unpaired) electrons. The normalized spacial score (nSPS) is 13.8. The van der Waals surface area contributed by atoms with E-state index >= 15 is 0 Å². The standard InChI is InChI=1S/C12H15NO4/c1-9(8-14)12(7-13(15)16)10-3-5-11(17-2)6-4-10/h3-6,8-9,12H,7H2,1-2H3/t9-,12-/m0/s1. The molecule has 0 N–H and O–H groups in total. The molecular formula is C12H15NO4. The van der Waals surface area contributed by atoms with Crippen molar-refractivity contribution >= 4 is 6.29 Å². The van der Waals surface area contributed by atoms with Gasteiger partial charge in [-0.1, -0.05) is 19.1 Å². The highest BCUT2D eigenvalue weighted by molar-refractivity contribution is 5.55. The fourth-order valence-corrected chi connectivity index (χ4v) is 1.68. The molecule has 1 aromatic rings. The van der Waals surface area contributed by atoms with E-state index in [0.717, 1.165) is 11.8 Å². The van der Waals surface area contributed by atoms with E-state index in [4.69, 9.17) is 4.74 Å². The Hall–Kier alpha value is -1.91. The van der Waals surface area contributed by atoms with Crippen LogP contribution in [-0.4, -0.2) is 24.9 Å². The van der Waals surface area contributed by atoms with E-state index in [2.05, 4.69) is 0 Å². The molecule has 0 heterocycles. The third kappa shape index (κ3) is 3.55. The van der Waals surface area contributed by atoms with Gasteiger partial charge in [0.1, 0.15) is 12.0 Å². The molecule has 0 aliphatic rings. The maximum absolute atomic E-state index is 10.8. The third-order valence-corrected chi connectivity index (χ3v) is 2.74. The molecule has 0 saturated carbocycles. The van der Waals surface area contributed by atoms with E-state index in [0.29, 0.717) is 5.75 Å². The molecule has 5 heteroatoms. The quantitative estimate of drug-likeness (QED) is 0.430. The summed E-state index contributed by atoms with van der Waals surface area (Å²) < 4.78 is 5.01. The van der Waals surface area contributed by atoms with Crippen LogP contribution in [0.15, 0.2) is 24.3 Å². The first kappa shape index (κ1) is 13.2. The van der Waals surface area contributed by atoms with Gasteiger partial charge in [-0.2, -0.15) is 0 Å². The lowest BCUT2D eigenvalue weighted by atomic mass is 9.88. The van der Waals surface area contributed by atoms with Crippen LogP contribution in [0, 0.1) is 16.0 Å². The number of carbonyl (C=O) groups is 1. The van der Waals surface area contributed by atoms with Crippen molar-refractivity contribution in [2.24, 2.45) is 5.92 Å². The van der Waals surface area contributed by atoms with Gasteiger partial charge in [0.25, 0.3) is 0 Å². The Morgan fingerprint density at radius 1 is 1.41 bits per heavy atom. The average molecular weight is 237 g/mol. The van der Waals surface area contributed by atoms with Gasteiger partial charge in [0.15, 0.2) is 0 Å². The lowest BCUT2D eigenvalue weighted by Gasteiger charge is -2.16. The summed E-state index contributed by atoms with van der Waals surface area (Å²) in [5.74, 6) is -0.0884. The van der Waals surface area contributed by atoms with Crippen LogP contribution in [0.3, 0.4) is 0 Å². The first-order valence-electron chi connectivity index (χ1n) is 5.29. The Bertz CT molecular complexity index is 388. The maximum atomic E-state index is 10.8. The molecule has 2 atom stereocenters. The van der Waals surface area contributed by atoms with Crippen LogP contribution in [-0.2, 0) is 4.79 Å². The average Bonchev–Trinajstić information content (AvgIpc) is 2.35. The van der Waals surface area contributed by atoms with Gasteiger partial charge < -0.3 is 9.53 Å². The number of hydrogen-bond acceptors (Lipinski definition) is 4. The Morgan fingerprint density at radius 3 is 2.41 bits per heavy atom. The molecule has 0 amide bonds. The fraction of sp³-hybridized carbons (Fsp3) is 0.417. The predicted molar refractivity (Wildman–Crippen MR) is 62.8 cm³/mol. The van der Waals surface area contributed by atoms with Crippen molar-refractivity contribution in [1.82, 2.24) is 0 Å². The summed E-state index contributed by atoms with van der Waals surface area (Å²) in [6.07, 6.45) is 0.748. The monoisotopic (exact) mass is 237 g/mol. The number of aldehydes is 1. The summed E-state index contributed by atoms with van der Waals surface area (Å²) in [5, 5.41) is 10.6. The molecule has 17 heavy (non-hydrogen) atoms. The lowest BCUT2D eigenvalue weighted by Crippen LogP contribution is -2.20. The molecule has 0 bridgehead atoms. The third-order valence-electron chi connectivity index (χ3n) is 2.74. The molecule has 0 spiro atoms. The van der Waals surface area contributed by atoms with Crippen LogP contribution >= 0.6 is 0 Å². The number of benzene rings is 1. The number of rotatable bonds is 6. The largest absolute Gasteiger partial charge is 0.497 e. The maximum Gasteiger partial charge on any atom is 0.211 e. The molecule has 0 aliphatic carbocycles. The van der Waals surface area contributed by atoms with Crippen molar-refractivity contribution in [2.75, 3.05) is 13.7 Å². The lowest BCUT2D eigenvalue weighted by molar-refractivity contribution is -0.484. The molecule has 1 rings (SSSR count). The highest BCUT2D eigenvalue weighted by Gasteiger charge is 2.24. The van der Waals surface area contributed by atoms with E-state index in [1.165, 1.54) is 0 Å². The summed E-state index contributed by atoms with van der Waals surface area (Å²) in [5.41, 5.74) is 0.780. The molecular weight excluding hydrogens is 222 g/mol. The molecule has 92 valence electrons. The second kappa shape index (κ2) is 5.98. The van der Waals surface area contributed by atoms with Crippen LogP contribution in [0.2, 0.25) is 0 Å². The first-order chi connectivity index (χ1) is 8.08. The molecule has 0 aromatic heterocycles. The summed E-state index contributed by atoms with van der Waals surface area (Å²) in [6.45, 7) is 1.44. The molecule has 0 unspecified atom stereocenters. The van der Waals surface area contributed by atoms with Crippen molar-refractivity contribution in [1.29, 1.82) is 0 Å². The number of ether oxygens (including phenoxy) is 1. The Balaban J connectivity index is 2.94. The van der Waals surface area contributed by atoms with Gasteiger partial charge in [0.2, 0.25) is 6.54 Å². The molecule has 0 fully saturated rings. The van der Waals surface area contributed by atoms with Crippen LogP contribution in [0.5, 0.6) is 5.75 Å². The van der Waals surface area contributed by atoms with Crippen molar-refractivity contribution in [3.05, 3.63) is 39.9 Å². The Morgan fingerprint density at radius 2 is 2.00 bits per heavy atom. The zero-order valence-corrected chi connectivity index (χ0v) is 9.83. The zero-order chi connectivity index (χ0) is 12.8. The smallest absolute Gasteiger partial charge is 0.211 e.